The highest BCUT2D eigenvalue weighted by atomic mass is 28.3. The molecule has 0 amide bonds. The van der Waals surface area contributed by atoms with Gasteiger partial charge in [-0.2, -0.15) is 0 Å². The number of rotatable bonds is 1. The Morgan fingerprint density at radius 3 is 2.50 bits per heavy atom. The lowest BCUT2D eigenvalue weighted by atomic mass is 9.90. The SMILES string of the molecule is CC(C)(C)[Si](C)(C)C1CCCc2cccc(O)c21. The number of benzene rings is 1. The Hall–Kier alpha value is -0.763. The number of hydrogen-bond acceptors (Lipinski definition) is 1. The fourth-order valence-electron chi connectivity index (χ4n) is 3.11. The highest BCUT2D eigenvalue weighted by molar-refractivity contribution is 6.81. The third kappa shape index (κ3) is 2.11. The normalized spacial score (nSPS) is 20.6. The van der Waals surface area contributed by atoms with Gasteiger partial charge in [0.05, 0.1) is 8.07 Å². The molecule has 2 rings (SSSR count). The van der Waals surface area contributed by atoms with E-state index in [0.717, 1.165) is 6.42 Å². The Morgan fingerprint density at radius 1 is 1.22 bits per heavy atom. The topological polar surface area (TPSA) is 20.2 Å². The molecular weight excluding hydrogens is 236 g/mol. The first-order valence-electron chi connectivity index (χ1n) is 7.06. The zero-order valence-electron chi connectivity index (χ0n) is 12.4. The quantitative estimate of drug-likeness (QED) is 0.717. The van der Waals surface area contributed by atoms with Crippen LogP contribution in [0.25, 0.3) is 0 Å². The Labute approximate surface area is 112 Å². The molecule has 0 fully saturated rings. The van der Waals surface area contributed by atoms with Crippen LogP contribution in [-0.4, -0.2) is 13.2 Å². The molecule has 0 saturated heterocycles. The van der Waals surface area contributed by atoms with Crippen molar-refractivity contribution < 1.29 is 5.11 Å². The summed E-state index contributed by atoms with van der Waals surface area (Å²) in [4.78, 5) is 0. The minimum Gasteiger partial charge on any atom is -0.508 e. The van der Waals surface area contributed by atoms with E-state index >= 15 is 0 Å². The molecule has 1 unspecified atom stereocenters. The zero-order valence-corrected chi connectivity index (χ0v) is 13.4. The van der Waals surface area contributed by atoms with Crippen molar-refractivity contribution in [3.63, 3.8) is 0 Å². The van der Waals surface area contributed by atoms with Gasteiger partial charge in [-0.05, 0) is 47.0 Å². The second-order valence-electron chi connectivity index (χ2n) is 7.27. The molecule has 18 heavy (non-hydrogen) atoms. The first-order valence-corrected chi connectivity index (χ1v) is 10.1. The highest BCUT2D eigenvalue weighted by Gasteiger charge is 2.44. The second kappa shape index (κ2) is 4.41. The van der Waals surface area contributed by atoms with Crippen LogP contribution in [0.15, 0.2) is 18.2 Å². The number of aromatic hydroxyl groups is 1. The fourth-order valence-corrected chi connectivity index (χ4v) is 6.13. The van der Waals surface area contributed by atoms with Gasteiger partial charge in [-0.3, -0.25) is 0 Å². The van der Waals surface area contributed by atoms with Gasteiger partial charge < -0.3 is 5.11 Å². The van der Waals surface area contributed by atoms with Gasteiger partial charge in [-0.1, -0.05) is 46.0 Å². The van der Waals surface area contributed by atoms with Crippen molar-refractivity contribution in [2.24, 2.45) is 0 Å². The van der Waals surface area contributed by atoms with E-state index in [1.807, 2.05) is 12.1 Å². The second-order valence-corrected chi connectivity index (χ2v) is 12.9. The van der Waals surface area contributed by atoms with Crippen LogP contribution < -0.4 is 0 Å². The van der Waals surface area contributed by atoms with Crippen molar-refractivity contribution in [3.8, 4) is 5.75 Å². The Bertz CT molecular complexity index is 443. The van der Waals surface area contributed by atoms with Gasteiger partial charge in [-0.15, -0.1) is 0 Å². The summed E-state index contributed by atoms with van der Waals surface area (Å²) in [5.74, 6) is 0.530. The average molecular weight is 262 g/mol. The molecule has 0 aliphatic heterocycles. The maximum atomic E-state index is 10.3. The molecule has 1 aromatic rings. The van der Waals surface area contributed by atoms with Crippen molar-refractivity contribution in [2.75, 3.05) is 0 Å². The number of hydrogen-bond donors (Lipinski definition) is 1. The lowest BCUT2D eigenvalue weighted by molar-refractivity contribution is 0.457. The van der Waals surface area contributed by atoms with E-state index in [-0.39, 0.29) is 0 Å². The van der Waals surface area contributed by atoms with E-state index in [1.54, 1.807) is 0 Å². The van der Waals surface area contributed by atoms with Gasteiger partial charge >= 0.3 is 0 Å². The van der Waals surface area contributed by atoms with Crippen LogP contribution in [0, 0.1) is 0 Å². The van der Waals surface area contributed by atoms with Crippen LogP contribution in [0.5, 0.6) is 5.75 Å². The van der Waals surface area contributed by atoms with Crippen molar-refractivity contribution in [3.05, 3.63) is 29.3 Å². The van der Waals surface area contributed by atoms with E-state index in [0.29, 0.717) is 16.3 Å². The molecule has 1 aromatic carbocycles. The van der Waals surface area contributed by atoms with Gasteiger partial charge in [0.25, 0.3) is 0 Å². The smallest absolute Gasteiger partial charge is 0.119 e. The van der Waals surface area contributed by atoms with E-state index < -0.39 is 8.07 Å². The molecule has 0 radical (unpaired) electrons. The predicted octanol–water partition coefficient (Wildman–Crippen LogP) is 4.86. The van der Waals surface area contributed by atoms with Gasteiger partial charge in [0.2, 0.25) is 0 Å². The Kier molecular flexibility index (Phi) is 3.35. The van der Waals surface area contributed by atoms with Gasteiger partial charge in [0, 0.05) is 0 Å². The van der Waals surface area contributed by atoms with E-state index in [9.17, 15) is 5.11 Å². The number of aryl methyl sites for hydroxylation is 1. The molecule has 0 bridgehead atoms. The summed E-state index contributed by atoms with van der Waals surface area (Å²) in [6, 6.07) is 6.06. The molecule has 1 nitrogen and oxygen atoms in total. The van der Waals surface area contributed by atoms with Crippen molar-refractivity contribution >= 4 is 8.07 Å². The zero-order chi connectivity index (χ0) is 13.6. The van der Waals surface area contributed by atoms with Crippen LogP contribution >= 0.6 is 0 Å². The van der Waals surface area contributed by atoms with Crippen molar-refractivity contribution in [1.82, 2.24) is 0 Å². The minimum atomic E-state index is -1.45. The predicted molar refractivity (Wildman–Crippen MR) is 81.0 cm³/mol. The lowest BCUT2D eigenvalue weighted by Crippen LogP contribution is -2.45. The molecule has 1 N–H and O–H groups in total. The third-order valence-electron chi connectivity index (χ3n) is 5.26. The van der Waals surface area contributed by atoms with Crippen molar-refractivity contribution in [2.45, 2.75) is 63.7 Å². The maximum absolute atomic E-state index is 10.3. The van der Waals surface area contributed by atoms with Crippen LogP contribution in [0.2, 0.25) is 18.1 Å². The standard InChI is InChI=1S/C16H26OSi/c1-16(2,3)18(4,5)14-11-7-9-12-8-6-10-13(17)15(12)14/h6,8,10,14,17H,7,9,11H2,1-5H3. The molecule has 1 aliphatic carbocycles. The summed E-state index contributed by atoms with van der Waals surface area (Å²) in [7, 11) is -1.45. The van der Waals surface area contributed by atoms with Gasteiger partial charge in [-0.25, -0.2) is 0 Å². The van der Waals surface area contributed by atoms with E-state index in [2.05, 4.69) is 39.9 Å². The largest absolute Gasteiger partial charge is 0.508 e. The fraction of sp³-hybridized carbons (Fsp3) is 0.625. The summed E-state index contributed by atoms with van der Waals surface area (Å²) in [5.41, 5.74) is 3.26. The summed E-state index contributed by atoms with van der Waals surface area (Å²) in [5, 5.41) is 10.6. The molecule has 0 saturated carbocycles. The van der Waals surface area contributed by atoms with Crippen LogP contribution in [0.3, 0.4) is 0 Å². The molecule has 0 spiro atoms. The number of phenols is 1. The van der Waals surface area contributed by atoms with Crippen molar-refractivity contribution in [1.29, 1.82) is 0 Å². The molecule has 100 valence electrons. The molecule has 0 heterocycles. The van der Waals surface area contributed by atoms with Gasteiger partial charge in [0.1, 0.15) is 5.75 Å². The number of fused-ring (bicyclic) bond motifs is 1. The monoisotopic (exact) mass is 262 g/mol. The molecule has 1 atom stereocenters. The first kappa shape index (κ1) is 13.7. The summed E-state index contributed by atoms with van der Waals surface area (Å²) < 4.78 is 0. The molecular formula is C16H26OSi. The summed E-state index contributed by atoms with van der Waals surface area (Å²) >= 11 is 0. The van der Waals surface area contributed by atoms with Gasteiger partial charge in [0.15, 0.2) is 0 Å². The van der Waals surface area contributed by atoms with Crippen LogP contribution in [-0.2, 0) is 6.42 Å². The third-order valence-corrected chi connectivity index (χ3v) is 11.5. The van der Waals surface area contributed by atoms with Crippen LogP contribution in [0.1, 0.15) is 50.3 Å². The highest BCUT2D eigenvalue weighted by Crippen LogP contribution is 2.51. The van der Waals surface area contributed by atoms with E-state index in [1.165, 1.54) is 24.0 Å². The average Bonchev–Trinajstić information content (AvgIpc) is 2.27. The van der Waals surface area contributed by atoms with E-state index in [4.69, 9.17) is 0 Å². The maximum Gasteiger partial charge on any atom is 0.119 e. The lowest BCUT2D eigenvalue weighted by Gasteiger charge is -2.45. The summed E-state index contributed by atoms with van der Waals surface area (Å²) in [6.45, 7) is 12.1. The molecule has 0 aromatic heterocycles. The minimum absolute atomic E-state index is 0.370. The summed E-state index contributed by atoms with van der Waals surface area (Å²) in [6.07, 6.45) is 3.66. The number of phenolic OH excluding ortho intramolecular Hbond substituents is 1. The van der Waals surface area contributed by atoms with Crippen LogP contribution in [0.4, 0.5) is 0 Å². The Morgan fingerprint density at radius 2 is 1.89 bits per heavy atom. The molecule has 2 heteroatoms. The molecule has 1 aliphatic rings. The first-order chi connectivity index (χ1) is 8.25. The Balaban J connectivity index is 2.51.